The molecule has 0 aromatic heterocycles. The van der Waals surface area contributed by atoms with Crippen molar-refractivity contribution < 1.29 is 9.53 Å². The van der Waals surface area contributed by atoms with Gasteiger partial charge in [-0.15, -0.1) is 6.42 Å². The van der Waals surface area contributed by atoms with E-state index in [1.807, 2.05) is 24.3 Å². The molecule has 0 unspecified atom stereocenters. The van der Waals surface area contributed by atoms with Crippen molar-refractivity contribution in [3.63, 3.8) is 0 Å². The predicted octanol–water partition coefficient (Wildman–Crippen LogP) is 1.38. The summed E-state index contributed by atoms with van der Waals surface area (Å²) in [6.45, 7) is 0.293. The fraction of sp³-hybridized carbons (Fsp3) is 0.308. The first-order valence-electron chi connectivity index (χ1n) is 5.09. The third-order valence-electron chi connectivity index (χ3n) is 2.19. The van der Waals surface area contributed by atoms with E-state index in [0.29, 0.717) is 19.4 Å². The van der Waals surface area contributed by atoms with Crippen molar-refractivity contribution in [3.05, 3.63) is 29.8 Å². The van der Waals surface area contributed by atoms with E-state index in [0.717, 1.165) is 11.3 Å². The number of hydrogen-bond donors (Lipinski definition) is 1. The molecule has 1 aromatic carbocycles. The van der Waals surface area contributed by atoms with Gasteiger partial charge in [0.05, 0.1) is 13.7 Å². The molecule has 1 N–H and O–H groups in total. The summed E-state index contributed by atoms with van der Waals surface area (Å²) >= 11 is 0. The average Bonchev–Trinajstić information content (AvgIpc) is 2.34. The van der Waals surface area contributed by atoms with Gasteiger partial charge in [0.15, 0.2) is 0 Å². The monoisotopic (exact) mass is 217 g/mol. The number of carbonyl (C=O) groups is 1. The topological polar surface area (TPSA) is 38.3 Å². The zero-order valence-electron chi connectivity index (χ0n) is 9.32. The van der Waals surface area contributed by atoms with Gasteiger partial charge in [-0.3, -0.25) is 4.79 Å². The van der Waals surface area contributed by atoms with Crippen molar-refractivity contribution in [2.75, 3.05) is 13.7 Å². The molecule has 0 atom stereocenters. The highest BCUT2D eigenvalue weighted by Gasteiger charge is 2.01. The molecular formula is C13H15NO2. The van der Waals surface area contributed by atoms with Gasteiger partial charge < -0.3 is 10.1 Å². The van der Waals surface area contributed by atoms with Crippen molar-refractivity contribution in [2.24, 2.45) is 0 Å². The SMILES string of the molecule is C#CCNC(=O)CCc1ccc(OC)cc1. The zero-order valence-corrected chi connectivity index (χ0v) is 9.32. The van der Waals surface area contributed by atoms with E-state index in [9.17, 15) is 4.79 Å². The molecule has 0 bridgehead atoms. The predicted molar refractivity (Wildman–Crippen MR) is 63.2 cm³/mol. The van der Waals surface area contributed by atoms with Crippen LogP contribution in [0.4, 0.5) is 0 Å². The second-order valence-corrected chi connectivity index (χ2v) is 3.33. The largest absolute Gasteiger partial charge is 0.497 e. The molecule has 1 aromatic rings. The zero-order chi connectivity index (χ0) is 11.8. The average molecular weight is 217 g/mol. The maximum Gasteiger partial charge on any atom is 0.221 e. The Hall–Kier alpha value is -1.95. The lowest BCUT2D eigenvalue weighted by Crippen LogP contribution is -2.23. The fourth-order valence-corrected chi connectivity index (χ4v) is 1.29. The van der Waals surface area contributed by atoms with E-state index in [4.69, 9.17) is 11.2 Å². The number of benzene rings is 1. The molecule has 0 aliphatic rings. The second-order valence-electron chi connectivity index (χ2n) is 3.33. The highest BCUT2D eigenvalue weighted by molar-refractivity contribution is 5.76. The summed E-state index contributed by atoms with van der Waals surface area (Å²) in [5.41, 5.74) is 1.11. The molecule has 0 saturated heterocycles. The maximum atomic E-state index is 11.3. The van der Waals surface area contributed by atoms with Crippen LogP contribution in [0.1, 0.15) is 12.0 Å². The smallest absolute Gasteiger partial charge is 0.221 e. The summed E-state index contributed by atoms with van der Waals surface area (Å²) < 4.78 is 5.05. The number of amides is 1. The van der Waals surface area contributed by atoms with Crippen molar-refractivity contribution in [1.29, 1.82) is 0 Å². The van der Waals surface area contributed by atoms with E-state index in [1.165, 1.54) is 0 Å². The molecule has 0 aliphatic heterocycles. The summed E-state index contributed by atoms with van der Waals surface area (Å²) in [6.07, 6.45) is 6.20. The van der Waals surface area contributed by atoms with Crippen LogP contribution < -0.4 is 10.1 Å². The van der Waals surface area contributed by atoms with Crippen molar-refractivity contribution in [3.8, 4) is 18.1 Å². The number of nitrogens with one attached hydrogen (secondary N) is 1. The Morgan fingerprint density at radius 2 is 2.12 bits per heavy atom. The van der Waals surface area contributed by atoms with Gasteiger partial charge in [0.25, 0.3) is 0 Å². The van der Waals surface area contributed by atoms with Crippen LogP contribution >= 0.6 is 0 Å². The lowest BCUT2D eigenvalue weighted by molar-refractivity contribution is -0.120. The van der Waals surface area contributed by atoms with Crippen molar-refractivity contribution >= 4 is 5.91 Å². The number of ether oxygens (including phenoxy) is 1. The van der Waals surface area contributed by atoms with Crippen LogP contribution in [-0.4, -0.2) is 19.6 Å². The minimum absolute atomic E-state index is 0.0197. The molecule has 0 aliphatic carbocycles. The second kappa shape index (κ2) is 6.52. The van der Waals surface area contributed by atoms with Crippen LogP contribution in [0, 0.1) is 12.3 Å². The van der Waals surface area contributed by atoms with E-state index in [-0.39, 0.29) is 5.91 Å². The van der Waals surface area contributed by atoms with E-state index in [2.05, 4.69) is 11.2 Å². The molecule has 0 radical (unpaired) electrons. The quantitative estimate of drug-likeness (QED) is 0.757. The molecule has 0 heterocycles. The normalized spacial score (nSPS) is 9.25. The van der Waals surface area contributed by atoms with Crippen molar-refractivity contribution in [2.45, 2.75) is 12.8 Å². The Labute approximate surface area is 95.8 Å². The third kappa shape index (κ3) is 4.05. The minimum atomic E-state index is -0.0197. The maximum absolute atomic E-state index is 11.3. The Bertz CT molecular complexity index is 376. The lowest BCUT2D eigenvalue weighted by Gasteiger charge is -2.03. The lowest BCUT2D eigenvalue weighted by atomic mass is 10.1. The van der Waals surface area contributed by atoms with Gasteiger partial charge in [-0.1, -0.05) is 18.1 Å². The van der Waals surface area contributed by atoms with Gasteiger partial charge in [-0.25, -0.2) is 0 Å². The van der Waals surface area contributed by atoms with Gasteiger partial charge in [0, 0.05) is 6.42 Å². The first-order chi connectivity index (χ1) is 7.76. The Morgan fingerprint density at radius 3 is 2.69 bits per heavy atom. The molecule has 0 spiro atoms. The first-order valence-corrected chi connectivity index (χ1v) is 5.09. The Morgan fingerprint density at radius 1 is 1.44 bits per heavy atom. The first kappa shape index (κ1) is 12.1. The number of rotatable bonds is 5. The third-order valence-corrected chi connectivity index (χ3v) is 2.19. The van der Waals surface area contributed by atoms with Crippen LogP contribution in [0.5, 0.6) is 5.75 Å². The van der Waals surface area contributed by atoms with Crippen molar-refractivity contribution in [1.82, 2.24) is 5.32 Å². The fourth-order valence-electron chi connectivity index (χ4n) is 1.29. The van der Waals surface area contributed by atoms with E-state index < -0.39 is 0 Å². The van der Waals surface area contributed by atoms with Gasteiger partial charge in [0.2, 0.25) is 5.91 Å². The van der Waals surface area contributed by atoms with E-state index in [1.54, 1.807) is 7.11 Å². The number of methoxy groups -OCH3 is 1. The molecule has 1 amide bonds. The number of aryl methyl sites for hydroxylation is 1. The Kier molecular flexibility index (Phi) is 4.94. The van der Waals surface area contributed by atoms with Gasteiger partial charge >= 0.3 is 0 Å². The molecule has 16 heavy (non-hydrogen) atoms. The molecule has 0 fully saturated rings. The minimum Gasteiger partial charge on any atom is -0.497 e. The van der Waals surface area contributed by atoms with Crippen LogP contribution in [0.2, 0.25) is 0 Å². The molecule has 3 heteroatoms. The molecule has 0 saturated carbocycles. The highest BCUT2D eigenvalue weighted by atomic mass is 16.5. The molecule has 3 nitrogen and oxygen atoms in total. The van der Waals surface area contributed by atoms with Crippen LogP contribution in [0.15, 0.2) is 24.3 Å². The summed E-state index contributed by atoms with van der Waals surface area (Å²) in [7, 11) is 1.63. The standard InChI is InChI=1S/C13H15NO2/c1-3-10-14-13(15)9-6-11-4-7-12(16-2)8-5-11/h1,4-5,7-8H,6,9-10H2,2H3,(H,14,15). The summed E-state index contributed by atoms with van der Waals surface area (Å²) in [6, 6.07) is 7.67. The van der Waals surface area contributed by atoms with Gasteiger partial charge in [0.1, 0.15) is 5.75 Å². The van der Waals surface area contributed by atoms with Crippen LogP contribution in [0.25, 0.3) is 0 Å². The van der Waals surface area contributed by atoms with Crippen LogP contribution in [0.3, 0.4) is 0 Å². The Balaban J connectivity index is 2.37. The van der Waals surface area contributed by atoms with Gasteiger partial charge in [-0.05, 0) is 24.1 Å². The van der Waals surface area contributed by atoms with Crippen LogP contribution in [-0.2, 0) is 11.2 Å². The molecule has 1 rings (SSSR count). The molecule has 84 valence electrons. The molecular weight excluding hydrogens is 202 g/mol. The van der Waals surface area contributed by atoms with Gasteiger partial charge in [-0.2, -0.15) is 0 Å². The summed E-state index contributed by atoms with van der Waals surface area (Å²) in [5, 5.41) is 2.63. The number of carbonyl (C=O) groups excluding carboxylic acids is 1. The number of hydrogen-bond acceptors (Lipinski definition) is 2. The summed E-state index contributed by atoms with van der Waals surface area (Å²) in [4.78, 5) is 11.3. The summed E-state index contributed by atoms with van der Waals surface area (Å²) in [5.74, 6) is 3.16. The van der Waals surface area contributed by atoms with E-state index >= 15 is 0 Å². The number of terminal acetylenes is 1. The highest BCUT2D eigenvalue weighted by Crippen LogP contribution is 2.12.